The average Bonchev–Trinajstić information content (AvgIpc) is 2.53. The number of aromatic nitrogens is 2. The lowest BCUT2D eigenvalue weighted by molar-refractivity contribution is -0.139. The van der Waals surface area contributed by atoms with Crippen LogP contribution >= 0.6 is 0 Å². The van der Waals surface area contributed by atoms with E-state index in [2.05, 4.69) is 9.97 Å². The van der Waals surface area contributed by atoms with Crippen molar-refractivity contribution in [2.24, 2.45) is 0 Å². The molecule has 0 bridgehead atoms. The Hall–Kier alpha value is -2.25. The Bertz CT molecular complexity index is 775. The number of anilines is 1. The summed E-state index contributed by atoms with van der Waals surface area (Å²) in [6.07, 6.45) is -4.51. The summed E-state index contributed by atoms with van der Waals surface area (Å²) in [5, 5.41) is 0. The molecule has 1 aliphatic rings. The maximum Gasteiger partial charge on any atom is 0.419 e. The summed E-state index contributed by atoms with van der Waals surface area (Å²) in [6.45, 7) is 2.47. The minimum absolute atomic E-state index is 0.206. The number of hydrogen-bond acceptors (Lipinski definition) is 3. The first-order valence-corrected chi connectivity index (χ1v) is 7.86. The van der Waals surface area contributed by atoms with Gasteiger partial charge in [-0.25, -0.2) is 18.7 Å². The minimum atomic E-state index is -4.75. The number of aryl methyl sites for hydroxylation is 1. The van der Waals surface area contributed by atoms with Gasteiger partial charge in [0.25, 0.3) is 0 Å². The fraction of sp³-hybridized carbons (Fsp3) is 0.412. The molecule has 0 radical (unpaired) electrons. The first kappa shape index (κ1) is 17.6. The number of hydrogen-bond donors (Lipinski definition) is 0. The number of alkyl halides is 4. The van der Waals surface area contributed by atoms with Crippen molar-refractivity contribution in [2.75, 3.05) is 18.0 Å². The van der Waals surface area contributed by atoms with Gasteiger partial charge in [0.1, 0.15) is 23.6 Å². The quantitative estimate of drug-likeness (QED) is 0.739. The molecule has 3 nitrogen and oxygen atoms in total. The largest absolute Gasteiger partial charge is 0.419 e. The van der Waals surface area contributed by atoms with Gasteiger partial charge in [-0.3, -0.25) is 0 Å². The monoisotopic (exact) mass is 357 g/mol. The van der Waals surface area contributed by atoms with E-state index in [9.17, 15) is 22.0 Å². The van der Waals surface area contributed by atoms with E-state index in [1.165, 1.54) is 6.07 Å². The molecule has 0 spiro atoms. The Labute approximate surface area is 141 Å². The molecule has 0 N–H and O–H groups in total. The standard InChI is InChI=1S/C17H16F5N3/c1-10-23-15(8-16(24-10)25-6-2-3-12(18)9-25)11-4-5-13(14(19)7-11)17(20,21)22/h4-5,7-8,12H,2-3,6,9H2,1H3. The smallest absolute Gasteiger partial charge is 0.354 e. The molecule has 2 aromatic rings. The normalized spacial score (nSPS) is 18.5. The van der Waals surface area contributed by atoms with Gasteiger partial charge >= 0.3 is 6.18 Å². The lowest BCUT2D eigenvalue weighted by atomic mass is 10.1. The SMILES string of the molecule is Cc1nc(-c2ccc(C(F)(F)F)c(F)c2)cc(N2CCCC(F)C2)n1. The molecule has 1 aromatic carbocycles. The van der Waals surface area contributed by atoms with E-state index in [1.807, 2.05) is 0 Å². The topological polar surface area (TPSA) is 29.0 Å². The highest BCUT2D eigenvalue weighted by Crippen LogP contribution is 2.33. The zero-order chi connectivity index (χ0) is 18.2. The van der Waals surface area contributed by atoms with E-state index < -0.39 is 23.7 Å². The fourth-order valence-corrected chi connectivity index (χ4v) is 2.90. The molecule has 134 valence electrons. The van der Waals surface area contributed by atoms with E-state index in [4.69, 9.17) is 0 Å². The summed E-state index contributed by atoms with van der Waals surface area (Å²) >= 11 is 0. The highest BCUT2D eigenvalue weighted by atomic mass is 19.4. The van der Waals surface area contributed by atoms with Crippen LogP contribution in [-0.2, 0) is 6.18 Å². The molecular formula is C17H16F5N3. The van der Waals surface area contributed by atoms with Gasteiger partial charge in [0.05, 0.1) is 17.8 Å². The molecule has 1 atom stereocenters. The van der Waals surface area contributed by atoms with Crippen LogP contribution in [0.3, 0.4) is 0 Å². The predicted molar refractivity (Wildman–Crippen MR) is 83.5 cm³/mol. The molecule has 1 saturated heterocycles. The molecular weight excluding hydrogens is 341 g/mol. The van der Waals surface area contributed by atoms with Crippen molar-refractivity contribution in [3.05, 3.63) is 41.5 Å². The minimum Gasteiger partial charge on any atom is -0.354 e. The Balaban J connectivity index is 1.96. The molecule has 8 heteroatoms. The first-order valence-electron chi connectivity index (χ1n) is 7.86. The van der Waals surface area contributed by atoms with E-state index in [0.717, 1.165) is 6.07 Å². The molecule has 0 aliphatic carbocycles. The molecule has 25 heavy (non-hydrogen) atoms. The molecule has 2 heterocycles. The molecule has 1 aliphatic heterocycles. The summed E-state index contributed by atoms with van der Waals surface area (Å²) in [6, 6.07) is 4.22. The highest BCUT2D eigenvalue weighted by molar-refractivity contribution is 5.63. The zero-order valence-electron chi connectivity index (χ0n) is 13.4. The van der Waals surface area contributed by atoms with E-state index in [-0.39, 0.29) is 12.1 Å². The third-order valence-corrected chi connectivity index (χ3v) is 4.08. The van der Waals surface area contributed by atoms with E-state index in [0.29, 0.717) is 42.8 Å². The van der Waals surface area contributed by atoms with Crippen LogP contribution in [0, 0.1) is 12.7 Å². The zero-order valence-corrected chi connectivity index (χ0v) is 13.4. The second kappa shape index (κ2) is 6.57. The van der Waals surface area contributed by atoms with Crippen molar-refractivity contribution in [3.63, 3.8) is 0 Å². The molecule has 1 fully saturated rings. The van der Waals surface area contributed by atoms with Crippen LogP contribution in [0.15, 0.2) is 24.3 Å². The van der Waals surface area contributed by atoms with Gasteiger partial charge in [-0.1, -0.05) is 6.07 Å². The van der Waals surface area contributed by atoms with Gasteiger partial charge in [0, 0.05) is 18.2 Å². The van der Waals surface area contributed by atoms with Crippen LogP contribution < -0.4 is 4.90 Å². The van der Waals surface area contributed by atoms with Gasteiger partial charge in [0.15, 0.2) is 0 Å². The van der Waals surface area contributed by atoms with Crippen LogP contribution in [0.2, 0.25) is 0 Å². The summed E-state index contributed by atoms with van der Waals surface area (Å²) < 4.78 is 65.5. The van der Waals surface area contributed by atoms with Crippen LogP contribution in [0.1, 0.15) is 24.2 Å². The summed E-state index contributed by atoms with van der Waals surface area (Å²) in [4.78, 5) is 10.2. The third kappa shape index (κ3) is 3.88. The van der Waals surface area contributed by atoms with Crippen molar-refractivity contribution in [1.82, 2.24) is 9.97 Å². The van der Waals surface area contributed by atoms with Crippen molar-refractivity contribution in [1.29, 1.82) is 0 Å². The second-order valence-corrected chi connectivity index (χ2v) is 6.04. The first-order chi connectivity index (χ1) is 11.7. The predicted octanol–water partition coefficient (Wildman–Crippen LogP) is 4.55. The van der Waals surface area contributed by atoms with Crippen molar-refractivity contribution in [2.45, 2.75) is 32.1 Å². The van der Waals surface area contributed by atoms with E-state index in [1.54, 1.807) is 17.9 Å². The number of nitrogens with zero attached hydrogens (tertiary/aromatic N) is 3. The van der Waals surface area contributed by atoms with Crippen molar-refractivity contribution in [3.8, 4) is 11.3 Å². The number of piperidine rings is 1. The molecule has 3 rings (SSSR count). The van der Waals surface area contributed by atoms with E-state index >= 15 is 0 Å². The van der Waals surface area contributed by atoms with Crippen molar-refractivity contribution >= 4 is 5.82 Å². The summed E-state index contributed by atoms with van der Waals surface area (Å²) in [5.41, 5.74) is -0.805. The van der Waals surface area contributed by atoms with Gasteiger partial charge in [0.2, 0.25) is 0 Å². The van der Waals surface area contributed by atoms with Crippen molar-refractivity contribution < 1.29 is 22.0 Å². The number of rotatable bonds is 2. The summed E-state index contributed by atoms with van der Waals surface area (Å²) in [7, 11) is 0. The molecule has 1 aromatic heterocycles. The molecule has 0 amide bonds. The van der Waals surface area contributed by atoms with Gasteiger partial charge in [-0.2, -0.15) is 13.2 Å². The number of benzene rings is 1. The maximum atomic E-state index is 13.8. The van der Waals surface area contributed by atoms with Crippen LogP contribution in [0.25, 0.3) is 11.3 Å². The van der Waals surface area contributed by atoms with Crippen LogP contribution in [0.5, 0.6) is 0 Å². The van der Waals surface area contributed by atoms with Crippen LogP contribution in [0.4, 0.5) is 27.8 Å². The van der Waals surface area contributed by atoms with Crippen LogP contribution in [-0.4, -0.2) is 29.2 Å². The Kier molecular flexibility index (Phi) is 4.62. The Morgan fingerprint density at radius 1 is 1.16 bits per heavy atom. The lowest BCUT2D eigenvalue weighted by Crippen LogP contribution is -2.37. The number of halogens is 5. The van der Waals surface area contributed by atoms with Gasteiger partial charge in [-0.05, 0) is 31.9 Å². The molecule has 1 unspecified atom stereocenters. The fourth-order valence-electron chi connectivity index (χ4n) is 2.90. The van der Waals surface area contributed by atoms with Gasteiger partial charge < -0.3 is 4.90 Å². The average molecular weight is 357 g/mol. The second-order valence-electron chi connectivity index (χ2n) is 6.04. The third-order valence-electron chi connectivity index (χ3n) is 4.08. The molecule has 0 saturated carbocycles. The Morgan fingerprint density at radius 3 is 2.56 bits per heavy atom. The summed E-state index contributed by atoms with van der Waals surface area (Å²) in [5.74, 6) is -0.483. The lowest BCUT2D eigenvalue weighted by Gasteiger charge is -2.30. The Morgan fingerprint density at radius 2 is 1.92 bits per heavy atom. The van der Waals surface area contributed by atoms with Gasteiger partial charge in [-0.15, -0.1) is 0 Å². The maximum absolute atomic E-state index is 13.8. The highest BCUT2D eigenvalue weighted by Gasteiger charge is 2.34.